The molecule has 1 heterocycles. The molecule has 0 amide bonds. The Kier molecular flexibility index (Phi) is 3.77. The SMILES string of the molecule is CC(NCc1ccc2[nH]ccc2c1)c1ccc(Cl)cc1. The van der Waals surface area contributed by atoms with Crippen molar-refractivity contribution >= 4 is 22.5 Å². The van der Waals surface area contributed by atoms with Crippen molar-refractivity contribution in [1.82, 2.24) is 10.3 Å². The van der Waals surface area contributed by atoms with Gasteiger partial charge in [-0.1, -0.05) is 29.8 Å². The molecule has 0 fully saturated rings. The third kappa shape index (κ3) is 2.87. The second kappa shape index (κ2) is 5.70. The average Bonchev–Trinajstić information content (AvgIpc) is 2.93. The maximum Gasteiger partial charge on any atom is 0.0454 e. The lowest BCUT2D eigenvalue weighted by Crippen LogP contribution is -2.17. The van der Waals surface area contributed by atoms with Crippen molar-refractivity contribution in [3.8, 4) is 0 Å². The lowest BCUT2D eigenvalue weighted by Gasteiger charge is -2.14. The van der Waals surface area contributed by atoms with Crippen LogP contribution in [0.1, 0.15) is 24.1 Å². The summed E-state index contributed by atoms with van der Waals surface area (Å²) in [6, 6.07) is 16.9. The third-order valence-corrected chi connectivity index (χ3v) is 3.85. The molecule has 2 N–H and O–H groups in total. The van der Waals surface area contributed by atoms with E-state index < -0.39 is 0 Å². The molecule has 0 bridgehead atoms. The van der Waals surface area contributed by atoms with Gasteiger partial charge in [0.1, 0.15) is 0 Å². The molecule has 0 saturated heterocycles. The van der Waals surface area contributed by atoms with Gasteiger partial charge >= 0.3 is 0 Å². The fourth-order valence-electron chi connectivity index (χ4n) is 2.35. The Morgan fingerprint density at radius 1 is 1.10 bits per heavy atom. The van der Waals surface area contributed by atoms with E-state index in [1.165, 1.54) is 22.0 Å². The van der Waals surface area contributed by atoms with E-state index in [4.69, 9.17) is 11.6 Å². The minimum atomic E-state index is 0.300. The van der Waals surface area contributed by atoms with Crippen LogP contribution in [0, 0.1) is 0 Å². The van der Waals surface area contributed by atoms with E-state index in [1.54, 1.807) is 0 Å². The molecule has 0 aliphatic rings. The van der Waals surface area contributed by atoms with Gasteiger partial charge in [0.25, 0.3) is 0 Å². The number of fused-ring (bicyclic) bond motifs is 1. The van der Waals surface area contributed by atoms with Crippen molar-refractivity contribution < 1.29 is 0 Å². The number of hydrogen-bond donors (Lipinski definition) is 2. The van der Waals surface area contributed by atoms with Gasteiger partial charge in [0.2, 0.25) is 0 Å². The molecule has 0 saturated carbocycles. The summed E-state index contributed by atoms with van der Waals surface area (Å²) in [6.07, 6.45) is 1.97. The highest BCUT2D eigenvalue weighted by Gasteiger charge is 2.05. The van der Waals surface area contributed by atoms with E-state index in [1.807, 2.05) is 18.3 Å². The molecule has 0 aliphatic carbocycles. The zero-order valence-electron chi connectivity index (χ0n) is 11.4. The monoisotopic (exact) mass is 284 g/mol. The van der Waals surface area contributed by atoms with Gasteiger partial charge in [-0.05, 0) is 53.8 Å². The summed E-state index contributed by atoms with van der Waals surface area (Å²) in [6.45, 7) is 3.02. The first kappa shape index (κ1) is 13.2. The molecule has 2 nitrogen and oxygen atoms in total. The van der Waals surface area contributed by atoms with E-state index in [0.29, 0.717) is 6.04 Å². The van der Waals surface area contributed by atoms with Gasteiger partial charge in [-0.2, -0.15) is 0 Å². The first-order valence-corrected chi connectivity index (χ1v) is 7.15. The molecular weight excluding hydrogens is 268 g/mol. The molecule has 0 radical (unpaired) electrons. The number of H-pyrrole nitrogens is 1. The zero-order chi connectivity index (χ0) is 13.9. The zero-order valence-corrected chi connectivity index (χ0v) is 12.1. The van der Waals surface area contributed by atoms with Gasteiger partial charge in [0.05, 0.1) is 0 Å². The minimum Gasteiger partial charge on any atom is -0.361 e. The molecule has 20 heavy (non-hydrogen) atoms. The highest BCUT2D eigenvalue weighted by Crippen LogP contribution is 2.18. The minimum absolute atomic E-state index is 0.300. The van der Waals surface area contributed by atoms with Crippen LogP contribution in [-0.2, 0) is 6.54 Å². The molecule has 0 spiro atoms. The molecule has 0 aliphatic heterocycles. The maximum absolute atomic E-state index is 5.91. The molecule has 3 heteroatoms. The Morgan fingerprint density at radius 3 is 2.70 bits per heavy atom. The second-order valence-corrected chi connectivity index (χ2v) is 5.49. The van der Waals surface area contributed by atoms with Crippen molar-refractivity contribution in [2.24, 2.45) is 0 Å². The molecule has 2 aromatic carbocycles. The molecule has 1 unspecified atom stereocenters. The Hall–Kier alpha value is -1.77. The van der Waals surface area contributed by atoms with Crippen LogP contribution >= 0.6 is 11.6 Å². The maximum atomic E-state index is 5.91. The van der Waals surface area contributed by atoms with Crippen molar-refractivity contribution in [2.45, 2.75) is 19.5 Å². The number of aromatic amines is 1. The van der Waals surface area contributed by atoms with Crippen LogP contribution in [0.2, 0.25) is 5.02 Å². The van der Waals surface area contributed by atoms with E-state index in [0.717, 1.165) is 11.6 Å². The Balaban J connectivity index is 1.67. The summed E-state index contributed by atoms with van der Waals surface area (Å²) >= 11 is 5.91. The van der Waals surface area contributed by atoms with Crippen molar-refractivity contribution in [2.75, 3.05) is 0 Å². The van der Waals surface area contributed by atoms with Gasteiger partial charge < -0.3 is 10.3 Å². The number of benzene rings is 2. The number of hydrogen-bond acceptors (Lipinski definition) is 1. The fraction of sp³-hybridized carbons (Fsp3) is 0.176. The largest absolute Gasteiger partial charge is 0.361 e. The summed E-state index contributed by atoms with van der Waals surface area (Å²) in [4.78, 5) is 3.21. The smallest absolute Gasteiger partial charge is 0.0454 e. The summed E-state index contributed by atoms with van der Waals surface area (Å²) in [5, 5.41) is 5.57. The van der Waals surface area contributed by atoms with E-state index in [9.17, 15) is 0 Å². The van der Waals surface area contributed by atoms with E-state index >= 15 is 0 Å². The van der Waals surface area contributed by atoms with Gasteiger partial charge in [0, 0.05) is 29.3 Å². The Morgan fingerprint density at radius 2 is 1.90 bits per heavy atom. The number of nitrogens with one attached hydrogen (secondary N) is 2. The predicted molar refractivity (Wildman–Crippen MR) is 85.0 cm³/mol. The molecule has 3 rings (SSSR count). The second-order valence-electron chi connectivity index (χ2n) is 5.05. The topological polar surface area (TPSA) is 27.8 Å². The summed E-state index contributed by atoms with van der Waals surface area (Å²) < 4.78 is 0. The van der Waals surface area contributed by atoms with Gasteiger partial charge in [-0.15, -0.1) is 0 Å². The standard InChI is InChI=1S/C17H17ClN2/c1-12(14-3-5-16(18)6-4-14)20-11-13-2-7-17-15(10-13)8-9-19-17/h2-10,12,19-20H,11H2,1H3. The molecule has 3 aromatic rings. The number of rotatable bonds is 4. The lowest BCUT2D eigenvalue weighted by atomic mass is 10.1. The fourth-order valence-corrected chi connectivity index (χ4v) is 2.48. The molecular formula is C17H17ClN2. The van der Waals surface area contributed by atoms with Crippen LogP contribution in [0.3, 0.4) is 0 Å². The summed E-state index contributed by atoms with van der Waals surface area (Å²) in [5.74, 6) is 0. The van der Waals surface area contributed by atoms with Crippen LogP contribution in [0.15, 0.2) is 54.7 Å². The van der Waals surface area contributed by atoms with Gasteiger partial charge in [-0.25, -0.2) is 0 Å². The molecule has 102 valence electrons. The predicted octanol–water partition coefficient (Wildman–Crippen LogP) is 4.67. The van der Waals surface area contributed by atoms with Crippen LogP contribution < -0.4 is 5.32 Å². The van der Waals surface area contributed by atoms with Gasteiger partial charge in [-0.3, -0.25) is 0 Å². The molecule has 1 atom stereocenters. The van der Waals surface area contributed by atoms with Crippen LogP contribution in [-0.4, -0.2) is 4.98 Å². The van der Waals surface area contributed by atoms with E-state index in [2.05, 4.69) is 53.6 Å². The average molecular weight is 285 g/mol. The van der Waals surface area contributed by atoms with Gasteiger partial charge in [0.15, 0.2) is 0 Å². The first-order valence-electron chi connectivity index (χ1n) is 6.77. The van der Waals surface area contributed by atoms with Crippen LogP contribution in [0.25, 0.3) is 10.9 Å². The summed E-state index contributed by atoms with van der Waals surface area (Å²) in [5.41, 5.74) is 3.72. The lowest BCUT2D eigenvalue weighted by molar-refractivity contribution is 0.575. The first-order chi connectivity index (χ1) is 9.72. The number of halogens is 1. The molecule has 1 aromatic heterocycles. The normalized spacial score (nSPS) is 12.7. The highest BCUT2D eigenvalue weighted by molar-refractivity contribution is 6.30. The Bertz CT molecular complexity index is 700. The number of aromatic nitrogens is 1. The quantitative estimate of drug-likeness (QED) is 0.716. The summed E-state index contributed by atoms with van der Waals surface area (Å²) in [7, 11) is 0. The van der Waals surface area contributed by atoms with Crippen LogP contribution in [0.5, 0.6) is 0 Å². The van der Waals surface area contributed by atoms with Crippen molar-refractivity contribution in [3.63, 3.8) is 0 Å². The van der Waals surface area contributed by atoms with Crippen molar-refractivity contribution in [3.05, 3.63) is 70.9 Å². The highest BCUT2D eigenvalue weighted by atomic mass is 35.5. The van der Waals surface area contributed by atoms with E-state index in [-0.39, 0.29) is 0 Å². The van der Waals surface area contributed by atoms with Crippen molar-refractivity contribution in [1.29, 1.82) is 0 Å². The third-order valence-electron chi connectivity index (χ3n) is 3.60. The Labute approximate surface area is 123 Å². The van der Waals surface area contributed by atoms with Crippen LogP contribution in [0.4, 0.5) is 0 Å².